The summed E-state index contributed by atoms with van der Waals surface area (Å²) in [6.07, 6.45) is 0.681. The minimum Gasteiger partial charge on any atom is -0.496 e. The number of halogens is 1. The number of pyridine rings is 1. The fourth-order valence-electron chi connectivity index (χ4n) is 4.63. The van der Waals surface area contributed by atoms with Crippen LogP contribution in [0.3, 0.4) is 0 Å². The van der Waals surface area contributed by atoms with Crippen LogP contribution in [-0.4, -0.2) is 43.4 Å². The Kier molecular flexibility index (Phi) is 5.27. The Morgan fingerprint density at radius 1 is 1.30 bits per heavy atom. The smallest absolute Gasteiger partial charge is 0.256 e. The highest BCUT2D eigenvalue weighted by atomic mass is 35.5. The maximum atomic E-state index is 12.7. The van der Waals surface area contributed by atoms with E-state index in [0.717, 1.165) is 16.6 Å². The molecule has 4 aromatic rings. The summed E-state index contributed by atoms with van der Waals surface area (Å²) in [5, 5.41) is 16.0. The lowest BCUT2D eigenvalue weighted by Gasteiger charge is -2.27. The highest BCUT2D eigenvalue weighted by Crippen LogP contribution is 2.43. The molecule has 4 heterocycles. The van der Waals surface area contributed by atoms with Gasteiger partial charge in [0.1, 0.15) is 17.7 Å². The van der Waals surface area contributed by atoms with E-state index in [2.05, 4.69) is 15.1 Å². The Bertz CT molecular complexity index is 1420. The standard InChI is InChI=1S/C23H24ClN5O4/c1-11-7-17(32-4)15(22(30)26-11)9-28-5-6-29-10-25-16-8-14(18-12(2)27-33-13(18)3)20(24)19(21(16)29)23(28)31/h7-8,10,23,31H,5-6,9H2,1-4H3,(H,26,30). The molecule has 1 aliphatic rings. The summed E-state index contributed by atoms with van der Waals surface area (Å²) in [6.45, 7) is 6.71. The van der Waals surface area contributed by atoms with E-state index in [4.69, 9.17) is 20.9 Å². The number of benzene rings is 1. The summed E-state index contributed by atoms with van der Waals surface area (Å²) in [4.78, 5) is 21.9. The number of rotatable bonds is 4. The molecule has 1 aromatic carbocycles. The van der Waals surface area contributed by atoms with E-state index < -0.39 is 6.23 Å². The van der Waals surface area contributed by atoms with Gasteiger partial charge >= 0.3 is 0 Å². The van der Waals surface area contributed by atoms with Gasteiger partial charge in [0.05, 0.1) is 40.8 Å². The predicted octanol–water partition coefficient (Wildman–Crippen LogP) is 3.47. The topological polar surface area (TPSA) is 109 Å². The van der Waals surface area contributed by atoms with Crippen LogP contribution in [0.4, 0.5) is 0 Å². The van der Waals surface area contributed by atoms with Gasteiger partial charge in [-0.3, -0.25) is 9.69 Å². The summed E-state index contributed by atoms with van der Waals surface area (Å²) >= 11 is 6.94. The lowest BCUT2D eigenvalue weighted by molar-refractivity contribution is -0.00300. The van der Waals surface area contributed by atoms with Crippen LogP contribution in [0.5, 0.6) is 5.75 Å². The Hall–Kier alpha value is -3.14. The number of nitrogens with zero attached hydrogens (tertiary/aromatic N) is 4. The van der Waals surface area contributed by atoms with E-state index in [0.29, 0.717) is 57.7 Å². The second kappa shape index (κ2) is 8.02. The molecule has 0 radical (unpaired) electrons. The average molecular weight is 470 g/mol. The number of imidazole rings is 1. The van der Waals surface area contributed by atoms with Crippen LogP contribution in [0.15, 0.2) is 27.8 Å². The van der Waals surface area contributed by atoms with Gasteiger partial charge in [-0.2, -0.15) is 0 Å². The van der Waals surface area contributed by atoms with Crippen molar-refractivity contribution in [1.29, 1.82) is 0 Å². The zero-order chi connectivity index (χ0) is 23.4. The summed E-state index contributed by atoms with van der Waals surface area (Å²) < 4.78 is 12.8. The summed E-state index contributed by atoms with van der Waals surface area (Å²) in [6, 6.07) is 3.68. The lowest BCUT2D eigenvalue weighted by atomic mass is 9.99. The zero-order valence-electron chi connectivity index (χ0n) is 18.8. The fraction of sp³-hybridized carbons (Fsp3) is 0.348. The molecule has 0 spiro atoms. The molecule has 3 aromatic heterocycles. The molecule has 0 bridgehead atoms. The molecule has 0 fully saturated rings. The quantitative estimate of drug-likeness (QED) is 0.471. The van der Waals surface area contributed by atoms with Crippen LogP contribution in [0.2, 0.25) is 5.02 Å². The monoisotopic (exact) mass is 469 g/mol. The van der Waals surface area contributed by atoms with E-state index in [9.17, 15) is 9.90 Å². The molecule has 2 N–H and O–H groups in total. The number of aliphatic hydroxyl groups excluding tert-OH is 1. The second-order valence-electron chi connectivity index (χ2n) is 8.33. The molecular formula is C23H24ClN5O4. The normalized spacial score (nSPS) is 16.4. The summed E-state index contributed by atoms with van der Waals surface area (Å²) in [7, 11) is 1.53. The third kappa shape index (κ3) is 3.43. The summed E-state index contributed by atoms with van der Waals surface area (Å²) in [5.41, 5.74) is 5.13. The van der Waals surface area contributed by atoms with Gasteiger partial charge in [0.2, 0.25) is 0 Å². The average Bonchev–Trinajstić information content (AvgIpc) is 3.29. The number of H-pyrrole nitrogens is 1. The molecular weight excluding hydrogens is 446 g/mol. The van der Waals surface area contributed by atoms with Crippen LogP contribution in [0, 0.1) is 20.8 Å². The number of aromatic amines is 1. The van der Waals surface area contributed by atoms with Crippen molar-refractivity contribution in [3.63, 3.8) is 0 Å². The van der Waals surface area contributed by atoms with Crippen LogP contribution in [0.1, 0.15) is 34.5 Å². The lowest BCUT2D eigenvalue weighted by Crippen LogP contribution is -2.32. The van der Waals surface area contributed by atoms with Crippen LogP contribution in [-0.2, 0) is 13.1 Å². The molecule has 0 saturated carbocycles. The largest absolute Gasteiger partial charge is 0.496 e. The molecule has 0 aliphatic carbocycles. The van der Waals surface area contributed by atoms with E-state index in [1.807, 2.05) is 29.4 Å². The second-order valence-corrected chi connectivity index (χ2v) is 8.71. The van der Waals surface area contributed by atoms with Crippen LogP contribution < -0.4 is 10.3 Å². The van der Waals surface area contributed by atoms with Gasteiger partial charge in [0, 0.05) is 42.0 Å². The van der Waals surface area contributed by atoms with E-state index in [1.54, 1.807) is 19.3 Å². The van der Waals surface area contributed by atoms with Crippen molar-refractivity contribution >= 4 is 22.6 Å². The number of ether oxygens (including phenoxy) is 1. The van der Waals surface area contributed by atoms with Gasteiger partial charge in [-0.25, -0.2) is 4.98 Å². The highest BCUT2D eigenvalue weighted by molar-refractivity contribution is 6.35. The first kappa shape index (κ1) is 21.7. The van der Waals surface area contributed by atoms with Crippen molar-refractivity contribution in [2.45, 2.75) is 40.1 Å². The van der Waals surface area contributed by atoms with Crippen molar-refractivity contribution in [3.8, 4) is 16.9 Å². The van der Waals surface area contributed by atoms with Crippen LogP contribution >= 0.6 is 11.6 Å². The minimum absolute atomic E-state index is 0.186. The van der Waals surface area contributed by atoms with Crippen molar-refractivity contribution in [2.75, 3.05) is 13.7 Å². The van der Waals surface area contributed by atoms with Crippen molar-refractivity contribution < 1.29 is 14.4 Å². The van der Waals surface area contributed by atoms with Crippen LogP contribution in [0.25, 0.3) is 22.2 Å². The highest BCUT2D eigenvalue weighted by Gasteiger charge is 2.31. The van der Waals surface area contributed by atoms with Gasteiger partial charge in [-0.05, 0) is 32.9 Å². The molecule has 33 heavy (non-hydrogen) atoms. The molecule has 5 rings (SSSR count). The molecule has 1 aliphatic heterocycles. The Labute approximate surface area is 194 Å². The molecule has 9 nitrogen and oxygen atoms in total. The van der Waals surface area contributed by atoms with Gasteiger partial charge < -0.3 is 23.9 Å². The first-order chi connectivity index (χ1) is 15.8. The van der Waals surface area contributed by atoms with Crippen molar-refractivity contribution in [1.82, 2.24) is 24.6 Å². The molecule has 172 valence electrons. The van der Waals surface area contributed by atoms with Crippen molar-refractivity contribution in [2.24, 2.45) is 0 Å². The maximum Gasteiger partial charge on any atom is 0.256 e. The van der Waals surface area contributed by atoms with Gasteiger partial charge in [0.25, 0.3) is 5.56 Å². The van der Waals surface area contributed by atoms with Gasteiger partial charge in [-0.15, -0.1) is 0 Å². The van der Waals surface area contributed by atoms with Crippen molar-refractivity contribution in [3.05, 3.63) is 62.1 Å². The number of nitrogens with one attached hydrogen (secondary N) is 1. The SMILES string of the molecule is COc1cc(C)[nH]c(=O)c1CN1CCn2cnc3cc(-c4c(C)noc4C)c(Cl)c(c32)C1O. The third-order valence-corrected chi connectivity index (χ3v) is 6.63. The number of methoxy groups -OCH3 is 1. The molecule has 0 amide bonds. The molecule has 1 unspecified atom stereocenters. The molecule has 10 heteroatoms. The zero-order valence-corrected chi connectivity index (χ0v) is 19.5. The van der Waals surface area contributed by atoms with E-state index >= 15 is 0 Å². The number of aryl methyl sites for hydroxylation is 3. The molecule has 1 atom stereocenters. The Balaban J connectivity index is 1.66. The Morgan fingerprint density at radius 2 is 2.09 bits per heavy atom. The number of aliphatic hydroxyl groups is 1. The predicted molar refractivity (Wildman–Crippen MR) is 123 cm³/mol. The first-order valence-electron chi connectivity index (χ1n) is 10.6. The number of hydrogen-bond acceptors (Lipinski definition) is 7. The first-order valence-corrected chi connectivity index (χ1v) is 11.0. The fourth-order valence-corrected chi connectivity index (χ4v) is 4.96. The van der Waals surface area contributed by atoms with E-state index in [-0.39, 0.29) is 12.1 Å². The number of hydrogen-bond donors (Lipinski definition) is 2. The third-order valence-electron chi connectivity index (χ3n) is 6.22. The summed E-state index contributed by atoms with van der Waals surface area (Å²) in [5.74, 6) is 1.12. The molecule has 0 saturated heterocycles. The maximum absolute atomic E-state index is 12.7. The minimum atomic E-state index is -1.07. The Morgan fingerprint density at radius 3 is 2.79 bits per heavy atom. The van der Waals surface area contributed by atoms with Gasteiger partial charge in [-0.1, -0.05) is 16.8 Å². The van der Waals surface area contributed by atoms with E-state index in [1.165, 1.54) is 7.11 Å². The van der Waals surface area contributed by atoms with Gasteiger partial charge in [0.15, 0.2) is 0 Å². The number of aromatic nitrogens is 4.